The number of rotatable bonds is 7. The molecule has 1 amide bonds. The van der Waals surface area contributed by atoms with E-state index in [1.54, 1.807) is 26.8 Å². The number of nitro groups is 1. The first-order valence-electron chi connectivity index (χ1n) is 7.21. The fourth-order valence-corrected chi connectivity index (χ4v) is 2.38. The second-order valence-corrected chi connectivity index (χ2v) is 7.39. The van der Waals surface area contributed by atoms with E-state index in [0.29, 0.717) is 3.57 Å². The highest BCUT2D eigenvalue weighted by Crippen LogP contribution is 2.27. The van der Waals surface area contributed by atoms with Crippen molar-refractivity contribution in [2.75, 3.05) is 5.32 Å². The summed E-state index contributed by atoms with van der Waals surface area (Å²) in [5.74, 6) is -1.17. The molecule has 3 N–H and O–H groups in total. The molecule has 0 heterocycles. The minimum atomic E-state index is -0.920. The Morgan fingerprint density at radius 1 is 1.42 bits per heavy atom. The highest BCUT2D eigenvalue weighted by Gasteiger charge is 2.23. The Labute approximate surface area is 153 Å². The van der Waals surface area contributed by atoms with Gasteiger partial charge in [0.05, 0.1) is 4.92 Å². The number of nitrogens with one attached hydrogen (secondary N) is 1. The highest BCUT2D eigenvalue weighted by molar-refractivity contribution is 14.1. The third-order valence-electron chi connectivity index (χ3n) is 2.89. The van der Waals surface area contributed by atoms with Crippen LogP contribution >= 0.6 is 22.6 Å². The molecule has 0 spiro atoms. The lowest BCUT2D eigenvalue weighted by atomic mass is 10.1. The predicted molar refractivity (Wildman–Crippen MR) is 97.5 cm³/mol. The number of halogens is 1. The number of nitrogens with two attached hydrogens (primary N) is 1. The maximum Gasteiger partial charge on any atom is 0.306 e. The number of carbonyl (C=O) groups is 2. The number of amides is 1. The van der Waals surface area contributed by atoms with Crippen LogP contribution in [0, 0.1) is 13.7 Å². The van der Waals surface area contributed by atoms with Crippen molar-refractivity contribution in [2.45, 2.75) is 45.3 Å². The second-order valence-electron chi connectivity index (χ2n) is 6.14. The second kappa shape index (κ2) is 8.27. The molecule has 24 heavy (non-hydrogen) atoms. The van der Waals surface area contributed by atoms with Gasteiger partial charge in [-0.05, 0) is 61.9 Å². The first-order valence-corrected chi connectivity index (χ1v) is 8.29. The van der Waals surface area contributed by atoms with E-state index in [2.05, 4.69) is 5.32 Å². The highest BCUT2D eigenvalue weighted by atomic mass is 127. The van der Waals surface area contributed by atoms with Crippen LogP contribution in [0.5, 0.6) is 0 Å². The fraction of sp³-hybridized carbons (Fsp3) is 0.467. The minimum Gasteiger partial charge on any atom is -0.460 e. The smallest absolute Gasteiger partial charge is 0.306 e. The average Bonchev–Trinajstić information content (AvgIpc) is 2.42. The zero-order chi connectivity index (χ0) is 18.5. The quantitative estimate of drug-likeness (QED) is 0.285. The lowest BCUT2D eigenvalue weighted by Crippen LogP contribution is -2.36. The van der Waals surface area contributed by atoms with Crippen molar-refractivity contribution in [3.05, 3.63) is 31.9 Å². The summed E-state index contributed by atoms with van der Waals surface area (Å²) in [5, 5.41) is 13.9. The largest absolute Gasteiger partial charge is 0.460 e. The maximum atomic E-state index is 11.7. The van der Waals surface area contributed by atoms with Gasteiger partial charge in [-0.3, -0.25) is 19.7 Å². The molecular formula is C15H20IN3O5. The Kier molecular flexibility index (Phi) is 6.93. The van der Waals surface area contributed by atoms with Gasteiger partial charge >= 0.3 is 5.97 Å². The van der Waals surface area contributed by atoms with Crippen molar-refractivity contribution in [2.24, 2.45) is 5.73 Å². The summed E-state index contributed by atoms with van der Waals surface area (Å²) in [7, 11) is 0. The number of nitro benzene ring substituents is 1. The van der Waals surface area contributed by atoms with Crippen LogP contribution in [0.2, 0.25) is 0 Å². The Morgan fingerprint density at radius 3 is 2.54 bits per heavy atom. The molecule has 0 fully saturated rings. The van der Waals surface area contributed by atoms with Gasteiger partial charge in [-0.1, -0.05) is 0 Å². The molecule has 1 aromatic rings. The number of benzene rings is 1. The van der Waals surface area contributed by atoms with Gasteiger partial charge in [-0.2, -0.15) is 0 Å². The molecule has 0 bridgehead atoms. The van der Waals surface area contributed by atoms with E-state index in [4.69, 9.17) is 10.5 Å². The number of carbonyl (C=O) groups excluding carboxylic acids is 2. The third kappa shape index (κ3) is 6.69. The summed E-state index contributed by atoms with van der Waals surface area (Å²) in [6, 6.07) is 3.64. The molecule has 0 aliphatic carbocycles. The summed E-state index contributed by atoms with van der Waals surface area (Å²) in [4.78, 5) is 33.9. The third-order valence-corrected chi connectivity index (χ3v) is 3.56. The van der Waals surface area contributed by atoms with Crippen LogP contribution < -0.4 is 11.1 Å². The fourth-order valence-electron chi connectivity index (χ4n) is 1.91. The van der Waals surface area contributed by atoms with E-state index in [1.807, 2.05) is 22.6 Å². The number of esters is 1. The standard InChI is InChI=1S/C15H20IN3O5/c1-15(2,3)24-13(20)7-6-11(14(17)21)18-10-5-4-9(16)8-12(10)19(22)23/h4-5,8,11,18H,6-7H2,1-3H3,(H2,17,21)/t11-/m0/s1. The molecule has 0 aliphatic rings. The zero-order valence-corrected chi connectivity index (χ0v) is 15.8. The summed E-state index contributed by atoms with van der Waals surface area (Å²) in [5.41, 5.74) is 4.72. The van der Waals surface area contributed by atoms with Crippen molar-refractivity contribution in [1.29, 1.82) is 0 Å². The van der Waals surface area contributed by atoms with Gasteiger partial charge in [0.15, 0.2) is 0 Å². The molecule has 1 aromatic carbocycles. The van der Waals surface area contributed by atoms with Gasteiger partial charge in [0.25, 0.3) is 5.69 Å². The summed E-state index contributed by atoms with van der Waals surface area (Å²) in [6.45, 7) is 5.22. The van der Waals surface area contributed by atoms with Gasteiger partial charge in [0.1, 0.15) is 17.3 Å². The molecule has 1 rings (SSSR count). The van der Waals surface area contributed by atoms with E-state index in [1.165, 1.54) is 12.1 Å². The first-order chi connectivity index (χ1) is 11.0. The van der Waals surface area contributed by atoms with Gasteiger partial charge in [-0.15, -0.1) is 0 Å². The van der Waals surface area contributed by atoms with E-state index in [-0.39, 0.29) is 24.2 Å². The summed E-state index contributed by atoms with van der Waals surface area (Å²) < 4.78 is 5.86. The number of ether oxygens (including phenoxy) is 1. The van der Waals surface area contributed by atoms with Crippen LogP contribution in [0.1, 0.15) is 33.6 Å². The van der Waals surface area contributed by atoms with Gasteiger partial charge in [0, 0.05) is 16.1 Å². The van der Waals surface area contributed by atoms with E-state index < -0.39 is 28.4 Å². The van der Waals surface area contributed by atoms with Gasteiger partial charge < -0.3 is 15.8 Å². The molecule has 0 radical (unpaired) electrons. The molecule has 9 heteroatoms. The number of hydrogen-bond acceptors (Lipinski definition) is 6. The normalized spacial score (nSPS) is 12.3. The summed E-state index contributed by atoms with van der Waals surface area (Å²) >= 11 is 1.96. The number of nitrogens with zero attached hydrogens (tertiary/aromatic N) is 1. The number of hydrogen-bond donors (Lipinski definition) is 2. The topological polar surface area (TPSA) is 125 Å². The van der Waals surface area contributed by atoms with Crippen molar-refractivity contribution in [1.82, 2.24) is 0 Å². The molecule has 0 aliphatic heterocycles. The van der Waals surface area contributed by atoms with Crippen LogP contribution in [0.15, 0.2) is 18.2 Å². The van der Waals surface area contributed by atoms with Crippen LogP contribution in [-0.2, 0) is 14.3 Å². The summed E-state index contributed by atoms with van der Waals surface area (Å²) in [6.07, 6.45) is 0.0451. The average molecular weight is 449 g/mol. The van der Waals surface area contributed by atoms with E-state index >= 15 is 0 Å². The maximum absolute atomic E-state index is 11.7. The van der Waals surface area contributed by atoms with Crippen molar-refractivity contribution in [3.8, 4) is 0 Å². The van der Waals surface area contributed by atoms with Crippen molar-refractivity contribution >= 4 is 45.8 Å². The number of anilines is 1. The van der Waals surface area contributed by atoms with Crippen LogP contribution in [0.3, 0.4) is 0 Å². The van der Waals surface area contributed by atoms with Crippen molar-refractivity contribution < 1.29 is 19.2 Å². The molecule has 0 saturated carbocycles. The lowest BCUT2D eigenvalue weighted by molar-refractivity contribution is -0.384. The Hall–Kier alpha value is -1.91. The molecule has 132 valence electrons. The van der Waals surface area contributed by atoms with Crippen LogP contribution in [0.25, 0.3) is 0 Å². The Balaban J connectivity index is 2.83. The lowest BCUT2D eigenvalue weighted by Gasteiger charge is -2.21. The van der Waals surface area contributed by atoms with E-state index in [9.17, 15) is 19.7 Å². The first kappa shape index (κ1) is 20.1. The van der Waals surface area contributed by atoms with Gasteiger partial charge in [0.2, 0.25) is 5.91 Å². The zero-order valence-electron chi connectivity index (χ0n) is 13.7. The molecule has 8 nitrogen and oxygen atoms in total. The van der Waals surface area contributed by atoms with Crippen LogP contribution in [-0.4, -0.2) is 28.4 Å². The monoisotopic (exact) mass is 449 g/mol. The molecular weight excluding hydrogens is 429 g/mol. The Bertz CT molecular complexity index is 642. The molecule has 0 unspecified atom stereocenters. The van der Waals surface area contributed by atoms with E-state index in [0.717, 1.165) is 0 Å². The van der Waals surface area contributed by atoms with Gasteiger partial charge in [-0.25, -0.2) is 0 Å². The number of primary amides is 1. The predicted octanol–water partition coefficient (Wildman–Crippen LogP) is 2.59. The Morgan fingerprint density at radius 2 is 2.04 bits per heavy atom. The molecule has 1 atom stereocenters. The SMILES string of the molecule is CC(C)(C)OC(=O)CC[C@H](Nc1ccc(I)cc1[N+](=O)[O-])C(N)=O. The van der Waals surface area contributed by atoms with Crippen LogP contribution in [0.4, 0.5) is 11.4 Å². The molecule has 0 aromatic heterocycles. The minimum absolute atomic E-state index is 0.0317. The molecule has 0 saturated heterocycles. The van der Waals surface area contributed by atoms with Crippen molar-refractivity contribution in [3.63, 3.8) is 0 Å².